The van der Waals surface area contributed by atoms with Gasteiger partial charge in [-0.25, -0.2) is 9.59 Å². The summed E-state index contributed by atoms with van der Waals surface area (Å²) in [5.41, 5.74) is 7.22. The number of ether oxygens (including phenoxy) is 4. The van der Waals surface area contributed by atoms with Crippen LogP contribution in [-0.2, 0) is 30.4 Å². The van der Waals surface area contributed by atoms with Crippen LogP contribution in [0.15, 0.2) is 24.3 Å². The van der Waals surface area contributed by atoms with E-state index in [1.54, 1.807) is 26.0 Å². The number of alkyl carbamates (subject to hydrolysis) is 1. The van der Waals surface area contributed by atoms with E-state index in [4.69, 9.17) is 24.5 Å². The monoisotopic (exact) mass is 526 g/mol. The summed E-state index contributed by atoms with van der Waals surface area (Å²) in [7, 11) is 0. The molecule has 1 aliphatic rings. The zero-order valence-corrected chi connectivity index (χ0v) is 20.4. The van der Waals surface area contributed by atoms with E-state index < -0.39 is 67.3 Å². The third-order valence-electron chi connectivity index (χ3n) is 5.21. The zero-order chi connectivity index (χ0) is 27.5. The van der Waals surface area contributed by atoms with Crippen LogP contribution in [0.3, 0.4) is 0 Å². The third-order valence-corrected chi connectivity index (χ3v) is 5.21. The molecule has 1 fully saturated rings. The van der Waals surface area contributed by atoms with Gasteiger partial charge in [-0.05, 0) is 38.0 Å². The van der Waals surface area contributed by atoms with Gasteiger partial charge >= 0.3 is 18.3 Å². The molecule has 0 spiro atoms. The lowest BCUT2D eigenvalue weighted by atomic mass is 9.99. The number of nitrogens with zero attached hydrogens (tertiary/aromatic N) is 1. The Bertz CT molecular complexity index is 963. The van der Waals surface area contributed by atoms with Crippen LogP contribution < -0.4 is 10.1 Å². The number of esters is 1. The summed E-state index contributed by atoms with van der Waals surface area (Å²) >= 11 is 0. The molecule has 1 aromatic rings. The fourth-order valence-electron chi connectivity index (χ4n) is 3.28. The van der Waals surface area contributed by atoms with Gasteiger partial charge in [-0.15, -0.1) is 0 Å². The summed E-state index contributed by atoms with van der Waals surface area (Å²) in [4.78, 5) is 39.0. The summed E-state index contributed by atoms with van der Waals surface area (Å²) in [6, 6.07) is 4.93. The predicted octanol–water partition coefficient (Wildman–Crippen LogP) is -0.929. The van der Waals surface area contributed by atoms with E-state index in [2.05, 4.69) is 10.1 Å². The summed E-state index contributed by atoms with van der Waals surface area (Å²) in [6.07, 6.45) is -7.88. The van der Waals surface area contributed by atoms with Crippen molar-refractivity contribution in [3.05, 3.63) is 29.8 Å². The number of amides is 1. The number of hydrogen-bond donors (Lipinski definition) is 6. The Kier molecular flexibility index (Phi) is 11.6. The summed E-state index contributed by atoms with van der Waals surface area (Å²) < 4.78 is 21.0. The second-order valence-corrected chi connectivity index (χ2v) is 8.48. The largest absolute Gasteiger partial charge is 0.462 e. The number of Topliss-reactive ketones (excluding diaryl/α,β-unsaturated/α-hetero) is 1. The maximum absolute atomic E-state index is 12.3. The zero-order valence-electron chi connectivity index (χ0n) is 20.4. The number of carbonyl (C=O) groups excluding carboxylic acids is 3. The third kappa shape index (κ3) is 9.21. The molecule has 1 aliphatic heterocycles. The first-order valence-electron chi connectivity index (χ1n) is 11.5. The number of hydrogen-bond acceptors (Lipinski definition) is 12. The van der Waals surface area contributed by atoms with Crippen molar-refractivity contribution in [2.75, 3.05) is 6.61 Å². The maximum atomic E-state index is 12.3. The van der Waals surface area contributed by atoms with Crippen LogP contribution in [0, 0.1) is 5.53 Å². The highest BCUT2D eigenvalue weighted by molar-refractivity contribution is 6.25. The summed E-state index contributed by atoms with van der Waals surface area (Å²) in [5, 5.41) is 41.4. The molecule has 14 nitrogen and oxygen atoms in total. The molecule has 1 saturated heterocycles. The molecule has 0 bridgehead atoms. The van der Waals surface area contributed by atoms with E-state index in [0.717, 1.165) is 6.21 Å². The normalized spacial score (nSPS) is 23.9. The maximum Gasteiger partial charge on any atom is 0.408 e. The van der Waals surface area contributed by atoms with Crippen LogP contribution >= 0.6 is 0 Å². The van der Waals surface area contributed by atoms with Crippen LogP contribution in [0.2, 0.25) is 0 Å². The highest BCUT2D eigenvalue weighted by atomic mass is 16.7. The average Bonchev–Trinajstić information content (AvgIpc) is 2.86. The van der Waals surface area contributed by atoms with Gasteiger partial charge in [0.05, 0.1) is 23.0 Å². The highest BCUT2D eigenvalue weighted by Gasteiger charge is 2.44. The lowest BCUT2D eigenvalue weighted by Crippen LogP contribution is -2.60. The second-order valence-electron chi connectivity index (χ2n) is 8.48. The quantitative estimate of drug-likeness (QED) is 0.0845. The van der Waals surface area contributed by atoms with Crippen molar-refractivity contribution in [2.24, 2.45) is 0 Å². The predicted molar refractivity (Wildman–Crippen MR) is 122 cm³/mol. The molecule has 0 aromatic heterocycles. The van der Waals surface area contributed by atoms with E-state index in [1.807, 2.05) is 0 Å². The number of rotatable bonds is 12. The Hall–Kier alpha value is -3.39. The number of aliphatic hydroxyl groups is 4. The van der Waals surface area contributed by atoms with Crippen molar-refractivity contribution in [1.29, 1.82) is 5.53 Å². The van der Waals surface area contributed by atoms with Crippen molar-refractivity contribution >= 4 is 24.1 Å². The first-order valence-corrected chi connectivity index (χ1v) is 11.5. The number of benzene rings is 1. The van der Waals surface area contributed by atoms with Gasteiger partial charge in [0.25, 0.3) is 0 Å². The van der Waals surface area contributed by atoms with Crippen LogP contribution in [0.5, 0.6) is 5.75 Å². The molecule has 0 unspecified atom stereocenters. The van der Waals surface area contributed by atoms with Crippen LogP contribution in [0.1, 0.15) is 32.3 Å². The molecule has 37 heavy (non-hydrogen) atoms. The standard InChI is InChI=1S/C23H31N3O11/c1-12(2)35-21(32)16(8-5-14(28)9-25-24)26-23(33)34-11-13-3-6-15(7-4-13)36-22-20(31)19(30)18(29)17(10-27)37-22/h3-4,6-7,9,12,16-20,22,24,27,29-31H,5,8,10-11H2,1-2H3/p+1/t16-,17+,18+,19-,20+,22+/m0/s1. The van der Waals surface area contributed by atoms with Gasteiger partial charge in [-0.2, -0.15) is 0 Å². The first kappa shape index (κ1) is 29.8. The molecule has 6 N–H and O–H groups in total. The lowest BCUT2D eigenvalue weighted by molar-refractivity contribution is -0.277. The van der Waals surface area contributed by atoms with Crippen LogP contribution in [0.25, 0.3) is 0 Å². The molecule has 1 aromatic carbocycles. The summed E-state index contributed by atoms with van der Waals surface area (Å²) in [6.45, 7) is 2.50. The van der Waals surface area contributed by atoms with Gasteiger partial charge in [-0.3, -0.25) is 4.79 Å². The minimum atomic E-state index is -1.58. The Balaban J connectivity index is 1.91. The van der Waals surface area contributed by atoms with Gasteiger partial charge in [0.1, 0.15) is 42.8 Å². The Labute approximate surface area is 212 Å². The molecular formula is C23H32N3O11+. The number of nitrogens with one attached hydrogen (secondary N) is 2. The number of carbonyl (C=O) groups is 3. The van der Waals surface area contributed by atoms with Gasteiger partial charge in [0.2, 0.25) is 12.1 Å². The van der Waals surface area contributed by atoms with E-state index in [-0.39, 0.29) is 25.2 Å². The van der Waals surface area contributed by atoms with E-state index >= 15 is 0 Å². The van der Waals surface area contributed by atoms with E-state index in [9.17, 15) is 34.8 Å². The Morgan fingerprint density at radius 2 is 1.81 bits per heavy atom. The minimum absolute atomic E-state index is 0.0739. The first-order chi connectivity index (χ1) is 17.5. The summed E-state index contributed by atoms with van der Waals surface area (Å²) in [5.74, 6) is -0.995. The average molecular weight is 527 g/mol. The number of aliphatic hydroxyl groups excluding tert-OH is 4. The van der Waals surface area contributed by atoms with Gasteiger partial charge < -0.3 is 44.7 Å². The molecule has 1 heterocycles. The van der Waals surface area contributed by atoms with E-state index in [1.165, 1.54) is 12.1 Å². The van der Waals surface area contributed by atoms with Crippen molar-refractivity contribution < 1.29 is 58.5 Å². The molecule has 0 aliphatic carbocycles. The van der Waals surface area contributed by atoms with Gasteiger partial charge in [0, 0.05) is 6.42 Å². The van der Waals surface area contributed by atoms with Gasteiger partial charge in [0.15, 0.2) is 0 Å². The van der Waals surface area contributed by atoms with Crippen molar-refractivity contribution in [2.45, 2.75) is 76.1 Å². The van der Waals surface area contributed by atoms with Gasteiger partial charge in [-0.1, -0.05) is 12.1 Å². The second kappa shape index (κ2) is 14.4. The fourth-order valence-corrected chi connectivity index (χ4v) is 3.28. The molecule has 14 heteroatoms. The minimum Gasteiger partial charge on any atom is -0.462 e. The molecule has 0 saturated carbocycles. The molecule has 2 rings (SSSR count). The topological polar surface area (TPSA) is 219 Å². The van der Waals surface area contributed by atoms with Crippen molar-refractivity contribution in [1.82, 2.24) is 5.32 Å². The van der Waals surface area contributed by atoms with Crippen LogP contribution in [-0.4, -0.2) is 98.7 Å². The van der Waals surface area contributed by atoms with Crippen molar-refractivity contribution in [3.8, 4) is 5.75 Å². The van der Waals surface area contributed by atoms with E-state index in [0.29, 0.717) is 5.56 Å². The number of ketones is 1. The molecule has 0 radical (unpaired) electrons. The molecule has 1 amide bonds. The van der Waals surface area contributed by atoms with Crippen LogP contribution in [0.4, 0.5) is 4.79 Å². The lowest BCUT2D eigenvalue weighted by Gasteiger charge is -2.39. The molecule has 204 valence electrons. The highest BCUT2D eigenvalue weighted by Crippen LogP contribution is 2.24. The SMILES string of the molecule is CC(C)OC(=O)[C@H](CCC(=O)C=[N+]=N)NC(=O)OCc1ccc(O[C@@H]2O[C@H](CO)[C@@H](O)[C@H](O)[C@H]2O)cc1. The Morgan fingerprint density at radius 3 is 2.41 bits per heavy atom. The van der Waals surface area contributed by atoms with Crippen molar-refractivity contribution in [3.63, 3.8) is 0 Å². The molecular weight excluding hydrogens is 494 g/mol. The Morgan fingerprint density at radius 1 is 1.14 bits per heavy atom. The fraction of sp³-hybridized carbons (Fsp3) is 0.565. The molecule has 6 atom stereocenters. The smallest absolute Gasteiger partial charge is 0.408 e.